The highest BCUT2D eigenvalue weighted by Gasteiger charge is 2.22. The second-order valence-electron chi connectivity index (χ2n) is 7.57. The number of aromatic nitrogens is 2. The van der Waals surface area contributed by atoms with Crippen LogP contribution < -0.4 is 15.7 Å². The van der Waals surface area contributed by atoms with E-state index in [9.17, 15) is 9.59 Å². The van der Waals surface area contributed by atoms with E-state index < -0.39 is 0 Å². The molecular formula is C23H32N4O3S. The van der Waals surface area contributed by atoms with Gasteiger partial charge in [-0.25, -0.2) is 4.79 Å². The van der Waals surface area contributed by atoms with E-state index in [4.69, 9.17) is 4.74 Å². The average Bonchev–Trinajstić information content (AvgIpc) is 3.28. The summed E-state index contributed by atoms with van der Waals surface area (Å²) in [6.45, 7) is 8.17. The van der Waals surface area contributed by atoms with Gasteiger partial charge in [0.15, 0.2) is 0 Å². The van der Waals surface area contributed by atoms with Gasteiger partial charge in [-0.1, -0.05) is 37.7 Å². The predicted octanol–water partition coefficient (Wildman–Crippen LogP) is 2.49. The lowest BCUT2D eigenvalue weighted by Crippen LogP contribution is -2.34. The van der Waals surface area contributed by atoms with E-state index in [1.807, 2.05) is 28.8 Å². The molecule has 1 heterocycles. The molecule has 0 saturated carbocycles. The molecule has 1 N–H and O–H groups in total. The largest absolute Gasteiger partial charge is 0.497 e. The van der Waals surface area contributed by atoms with Crippen molar-refractivity contribution in [1.29, 1.82) is 0 Å². The summed E-state index contributed by atoms with van der Waals surface area (Å²) in [5.41, 5.74) is 3.02. The van der Waals surface area contributed by atoms with E-state index in [0.717, 1.165) is 61.5 Å². The number of carbonyl (C=O) groups excluding carboxylic acids is 1. The highest BCUT2D eigenvalue weighted by molar-refractivity contribution is 7.99. The van der Waals surface area contributed by atoms with Crippen molar-refractivity contribution in [2.24, 2.45) is 0 Å². The van der Waals surface area contributed by atoms with Crippen molar-refractivity contribution in [3.63, 3.8) is 0 Å². The van der Waals surface area contributed by atoms with E-state index in [1.54, 1.807) is 7.11 Å². The van der Waals surface area contributed by atoms with Gasteiger partial charge in [0, 0.05) is 30.9 Å². The van der Waals surface area contributed by atoms with Gasteiger partial charge >= 0.3 is 5.69 Å². The standard InChI is InChI=1S/C23H32N4O3S/c1-4-26(5-2)12-13-27-20-11-7-10-19(20)22(25-23(27)29)31-16-21(28)24-15-17-8-6-9-18(14-17)30-3/h6,8-9,14H,4-5,7,10-13,15-16H2,1-3H3,(H,24,28). The van der Waals surface area contributed by atoms with Crippen LogP contribution in [0.25, 0.3) is 0 Å². The van der Waals surface area contributed by atoms with Gasteiger partial charge in [0.1, 0.15) is 10.8 Å². The van der Waals surface area contributed by atoms with E-state index >= 15 is 0 Å². The lowest BCUT2D eigenvalue weighted by molar-refractivity contribution is -0.118. The van der Waals surface area contributed by atoms with Crippen molar-refractivity contribution in [3.8, 4) is 5.75 Å². The SMILES string of the molecule is CCN(CC)CCn1c2c(c(SCC(=O)NCc3cccc(OC)c3)nc1=O)CCC2. The minimum Gasteiger partial charge on any atom is -0.497 e. The molecule has 0 spiro atoms. The number of fused-ring (bicyclic) bond motifs is 1. The molecule has 3 rings (SSSR count). The molecule has 0 atom stereocenters. The number of carbonyl (C=O) groups is 1. The number of benzene rings is 1. The Labute approximate surface area is 188 Å². The molecule has 1 aliphatic rings. The smallest absolute Gasteiger partial charge is 0.348 e. The lowest BCUT2D eigenvalue weighted by Gasteiger charge is -2.20. The minimum atomic E-state index is -0.202. The molecule has 0 saturated heterocycles. The first-order valence-electron chi connectivity index (χ1n) is 10.9. The Hall–Kier alpha value is -2.32. The number of methoxy groups -OCH3 is 1. The van der Waals surface area contributed by atoms with Crippen molar-refractivity contribution in [2.45, 2.75) is 51.2 Å². The first kappa shape index (κ1) is 23.3. The molecule has 31 heavy (non-hydrogen) atoms. The maximum Gasteiger partial charge on any atom is 0.348 e. The molecule has 1 amide bonds. The minimum absolute atomic E-state index is 0.0768. The first-order valence-corrected chi connectivity index (χ1v) is 11.9. The second kappa shape index (κ2) is 11.3. The van der Waals surface area contributed by atoms with Crippen LogP contribution in [0.4, 0.5) is 0 Å². The van der Waals surface area contributed by atoms with Crippen LogP contribution in [0, 0.1) is 0 Å². The Morgan fingerprint density at radius 2 is 2.10 bits per heavy atom. The van der Waals surface area contributed by atoms with Crippen molar-refractivity contribution in [3.05, 3.63) is 51.6 Å². The molecular weight excluding hydrogens is 412 g/mol. The number of nitrogens with zero attached hydrogens (tertiary/aromatic N) is 3. The van der Waals surface area contributed by atoms with Crippen molar-refractivity contribution >= 4 is 17.7 Å². The lowest BCUT2D eigenvalue weighted by atomic mass is 10.2. The van der Waals surface area contributed by atoms with Crippen molar-refractivity contribution < 1.29 is 9.53 Å². The highest BCUT2D eigenvalue weighted by Crippen LogP contribution is 2.29. The Bertz CT molecular complexity index is 956. The number of likely N-dealkylation sites (N-methyl/N-ethyl adjacent to an activating group) is 1. The molecule has 0 radical (unpaired) electrons. The van der Waals surface area contributed by atoms with Crippen LogP contribution in [-0.4, -0.2) is 52.9 Å². The molecule has 0 aliphatic heterocycles. The summed E-state index contributed by atoms with van der Waals surface area (Å²) >= 11 is 1.36. The molecule has 8 heteroatoms. The average molecular weight is 445 g/mol. The molecule has 0 unspecified atom stereocenters. The summed E-state index contributed by atoms with van der Waals surface area (Å²) in [7, 11) is 1.62. The summed E-state index contributed by atoms with van der Waals surface area (Å²) in [6.07, 6.45) is 2.85. The number of amides is 1. The van der Waals surface area contributed by atoms with Crippen molar-refractivity contribution in [1.82, 2.24) is 19.8 Å². The van der Waals surface area contributed by atoms with Crippen LogP contribution in [-0.2, 0) is 30.7 Å². The highest BCUT2D eigenvalue weighted by atomic mass is 32.2. The van der Waals surface area contributed by atoms with E-state index in [2.05, 4.69) is 29.0 Å². The monoisotopic (exact) mass is 444 g/mol. The topological polar surface area (TPSA) is 76.5 Å². The molecule has 7 nitrogen and oxygen atoms in total. The van der Waals surface area contributed by atoms with Crippen LogP contribution >= 0.6 is 11.8 Å². The van der Waals surface area contributed by atoms with Gasteiger partial charge in [-0.05, 0) is 50.0 Å². The number of ether oxygens (including phenoxy) is 1. The Morgan fingerprint density at radius 3 is 2.84 bits per heavy atom. The molecule has 0 fully saturated rings. The van der Waals surface area contributed by atoms with Gasteiger partial charge in [0.2, 0.25) is 5.91 Å². The number of nitrogens with one attached hydrogen (secondary N) is 1. The zero-order chi connectivity index (χ0) is 22.2. The van der Waals surface area contributed by atoms with Crippen LogP contribution in [0.3, 0.4) is 0 Å². The summed E-state index contributed by atoms with van der Waals surface area (Å²) in [5, 5.41) is 3.64. The molecule has 1 aromatic carbocycles. The van der Waals surface area contributed by atoms with Gasteiger partial charge in [-0.3, -0.25) is 9.36 Å². The Balaban J connectivity index is 1.61. The molecule has 1 aromatic heterocycles. The third-order valence-corrected chi connectivity index (χ3v) is 6.72. The maximum absolute atomic E-state index is 12.7. The van der Waals surface area contributed by atoms with Gasteiger partial charge in [0.05, 0.1) is 12.9 Å². The van der Waals surface area contributed by atoms with E-state index in [1.165, 1.54) is 11.8 Å². The van der Waals surface area contributed by atoms with Crippen molar-refractivity contribution in [2.75, 3.05) is 32.5 Å². The molecule has 1 aliphatic carbocycles. The number of hydrogen-bond acceptors (Lipinski definition) is 6. The number of hydrogen-bond donors (Lipinski definition) is 1. The Kier molecular flexibility index (Phi) is 8.54. The van der Waals surface area contributed by atoms with Crippen LogP contribution in [0.2, 0.25) is 0 Å². The Morgan fingerprint density at radius 1 is 1.29 bits per heavy atom. The fourth-order valence-corrected chi connectivity index (χ4v) is 4.79. The molecule has 0 bridgehead atoms. The molecule has 2 aromatic rings. The summed E-state index contributed by atoms with van der Waals surface area (Å²) < 4.78 is 7.06. The summed E-state index contributed by atoms with van der Waals surface area (Å²) in [6, 6.07) is 7.62. The fraction of sp³-hybridized carbons (Fsp3) is 0.522. The van der Waals surface area contributed by atoms with Gasteiger partial charge in [-0.2, -0.15) is 4.98 Å². The fourth-order valence-electron chi connectivity index (χ4n) is 3.89. The third-order valence-electron chi connectivity index (χ3n) is 5.70. The maximum atomic E-state index is 12.7. The summed E-state index contributed by atoms with van der Waals surface area (Å²) in [4.78, 5) is 31.7. The van der Waals surface area contributed by atoms with Crippen LogP contribution in [0.5, 0.6) is 5.75 Å². The molecule has 168 valence electrons. The zero-order valence-electron chi connectivity index (χ0n) is 18.6. The predicted molar refractivity (Wildman–Crippen MR) is 124 cm³/mol. The van der Waals surface area contributed by atoms with Crippen LogP contribution in [0.1, 0.15) is 37.1 Å². The van der Waals surface area contributed by atoms with Gasteiger partial charge < -0.3 is 15.0 Å². The third kappa shape index (κ3) is 6.11. The summed E-state index contributed by atoms with van der Waals surface area (Å²) in [5.74, 6) is 0.932. The number of thioether (sulfide) groups is 1. The number of rotatable bonds is 11. The van der Waals surface area contributed by atoms with Gasteiger partial charge in [-0.15, -0.1) is 0 Å². The quantitative estimate of drug-likeness (QED) is 0.424. The normalized spacial score (nSPS) is 12.8. The van der Waals surface area contributed by atoms with Gasteiger partial charge in [0.25, 0.3) is 0 Å². The van der Waals surface area contributed by atoms with E-state index in [-0.39, 0.29) is 17.3 Å². The first-order chi connectivity index (χ1) is 15.0. The zero-order valence-corrected chi connectivity index (χ0v) is 19.5. The van der Waals surface area contributed by atoms with Crippen LogP contribution in [0.15, 0.2) is 34.1 Å². The second-order valence-corrected chi connectivity index (χ2v) is 8.54. The van der Waals surface area contributed by atoms with E-state index in [0.29, 0.717) is 18.1 Å².